The highest BCUT2D eigenvalue weighted by molar-refractivity contribution is 7.81. The van der Waals surface area contributed by atoms with E-state index in [1.165, 1.54) is 107 Å². The molecule has 0 aromatic heterocycles. The third kappa shape index (κ3) is 3.64. The summed E-state index contributed by atoms with van der Waals surface area (Å²) < 4.78 is 0. The van der Waals surface area contributed by atoms with Gasteiger partial charge in [0.15, 0.2) is 0 Å². The van der Waals surface area contributed by atoms with Crippen LogP contribution in [0.4, 0.5) is 0 Å². The monoisotopic (exact) mass is 901 g/mol. The minimum Gasteiger partial charge on any atom is -0.175 e. The fraction of sp³-hybridized carbons (Fsp3) is 1.00. The molecule has 22 saturated carbocycles. The molecule has 6 bridgehead atoms. The van der Waals surface area contributed by atoms with Gasteiger partial charge < -0.3 is 0 Å². The van der Waals surface area contributed by atoms with Crippen molar-refractivity contribution in [1.29, 1.82) is 0 Å². The summed E-state index contributed by atoms with van der Waals surface area (Å²) in [5.74, 6) is 48.6. The first-order valence-electron chi connectivity index (χ1n) is 32.4. The standard InChI is InChI=1S/C65H88S/c66-65-63-50-38-16-15-37-33-11-3-6-24-18-28-21-27-17-23-5-1-9-31-35-13-14-36-32-10-2-7-25-19-29-22-30-20-26-8-4-12-34(38)42(26)54(63)46(30)56-45(29)53(41(25)32)59-48(36)47(35)57-51(39(23)31)43(27)55-44(28)52(40(24)33)58(49(37)50)60(55)61(57)62(59)64(56)65/h23-66H,1-22H2/t23?,24?,25?,26?,27?,28?,29?,30?,31?,32?,33?,34?,35?,36?,37?,38?,39?,40?,41?,42?,43?,44?,45?,46?,47?,48?,49?,50?,51?,52?,53?,54?,55?,56?,57?,58?,59?,60?,61?,62?,63?,64?,65-/m1/s1. The van der Waals surface area contributed by atoms with Gasteiger partial charge in [0.1, 0.15) is 0 Å². The number of fused-ring (bicyclic) bond motifs is 4. The Balaban J connectivity index is 0.871. The highest BCUT2D eigenvalue weighted by Gasteiger charge is 2.85. The summed E-state index contributed by atoms with van der Waals surface area (Å²) in [6.45, 7) is 0. The fourth-order valence-electron chi connectivity index (χ4n) is 36.2. The Labute approximate surface area is 405 Å². The smallest absolute Gasteiger partial charge is 0.00847 e. The molecule has 66 heavy (non-hydrogen) atoms. The quantitative estimate of drug-likeness (QED) is 0.230. The van der Waals surface area contributed by atoms with Crippen LogP contribution in [-0.4, -0.2) is 5.25 Å². The van der Waals surface area contributed by atoms with Crippen molar-refractivity contribution < 1.29 is 0 Å². The summed E-state index contributed by atoms with van der Waals surface area (Å²) in [6, 6.07) is 0. The van der Waals surface area contributed by atoms with Gasteiger partial charge in [0, 0.05) is 5.25 Å². The molecule has 0 radical (unpaired) electrons. The van der Waals surface area contributed by atoms with Gasteiger partial charge in [0.05, 0.1) is 0 Å². The van der Waals surface area contributed by atoms with E-state index in [-0.39, 0.29) is 0 Å². The van der Waals surface area contributed by atoms with Gasteiger partial charge >= 0.3 is 0 Å². The zero-order valence-corrected chi connectivity index (χ0v) is 41.7. The van der Waals surface area contributed by atoms with E-state index in [1.54, 1.807) is 141 Å². The number of hydrogen-bond acceptors (Lipinski definition) is 1. The Bertz CT molecular complexity index is 2190. The number of thiol groups is 1. The van der Waals surface area contributed by atoms with E-state index in [1.807, 2.05) is 0 Å². The molecule has 22 aliphatic rings. The minimum atomic E-state index is 0.790. The first kappa shape index (κ1) is 37.1. The maximum Gasteiger partial charge on any atom is 0.00847 e. The maximum atomic E-state index is 6.79. The average Bonchev–Trinajstić information content (AvgIpc) is 3.72. The molecule has 0 heterocycles. The predicted molar refractivity (Wildman–Crippen MR) is 261 cm³/mol. The normalized spacial score (nSPS) is 78.4. The molecule has 22 aliphatic carbocycles. The molecule has 0 nitrogen and oxygen atoms in total. The number of hydrogen-bond donors (Lipinski definition) is 1. The van der Waals surface area contributed by atoms with Crippen LogP contribution in [0.2, 0.25) is 0 Å². The van der Waals surface area contributed by atoms with Gasteiger partial charge in [0.2, 0.25) is 0 Å². The van der Waals surface area contributed by atoms with Gasteiger partial charge in [-0.2, -0.15) is 12.6 Å². The van der Waals surface area contributed by atoms with Crippen LogP contribution >= 0.6 is 12.6 Å². The van der Waals surface area contributed by atoms with E-state index in [0.29, 0.717) is 0 Å². The zero-order valence-electron chi connectivity index (χ0n) is 40.8. The van der Waals surface area contributed by atoms with Gasteiger partial charge in [-0.25, -0.2) is 0 Å². The van der Waals surface area contributed by atoms with E-state index in [9.17, 15) is 0 Å². The molecule has 42 unspecified atom stereocenters. The van der Waals surface area contributed by atoms with Crippen LogP contribution in [0.25, 0.3) is 0 Å². The summed E-state index contributed by atoms with van der Waals surface area (Å²) in [5.41, 5.74) is 0. The third-order valence-electron chi connectivity index (χ3n) is 34.4. The second-order valence-electron chi connectivity index (χ2n) is 33.2. The molecule has 1 heteroatoms. The summed E-state index contributed by atoms with van der Waals surface area (Å²) in [7, 11) is 0. The SMILES string of the molecule is S[C@@H]1C2C3C4CCC5C6CCCC7CC8CC9CC%10CCCC%11C%12CCC%13C%14CCCC%15CC%16CC%17CC%18CCCC4C%18C2C%17C2C%16C(C%15%14)C4C%13C%12C%12C(C%10%11)C9C9C8C(C76)C(C53)C9C%12C4C21. The zero-order chi connectivity index (χ0) is 41.4. The molecule has 0 aliphatic heterocycles. The van der Waals surface area contributed by atoms with Gasteiger partial charge in [-0.15, -0.1) is 0 Å². The summed E-state index contributed by atoms with van der Waals surface area (Å²) in [5, 5.41) is 0.790. The molecule has 354 valence electrons. The van der Waals surface area contributed by atoms with E-state index in [0.717, 1.165) is 147 Å². The highest BCUT2D eigenvalue weighted by Crippen LogP contribution is 2.89. The Morgan fingerprint density at radius 3 is 0.742 bits per heavy atom. The van der Waals surface area contributed by atoms with Crippen LogP contribution in [-0.2, 0) is 0 Å². The lowest BCUT2D eigenvalue weighted by Gasteiger charge is -2.82. The minimum absolute atomic E-state index is 0.790. The van der Waals surface area contributed by atoms with Crippen molar-refractivity contribution >= 4 is 12.6 Å². The second-order valence-corrected chi connectivity index (χ2v) is 33.8. The first-order valence-corrected chi connectivity index (χ1v) is 32.9. The summed E-state index contributed by atoms with van der Waals surface area (Å²) >= 11 is 6.79. The molecule has 0 saturated heterocycles. The van der Waals surface area contributed by atoms with Crippen molar-refractivity contribution in [3.05, 3.63) is 0 Å². The molecule has 43 atom stereocenters. The van der Waals surface area contributed by atoms with E-state index in [2.05, 4.69) is 0 Å². The van der Waals surface area contributed by atoms with Gasteiger partial charge in [-0.1, -0.05) is 51.4 Å². The molecule has 0 aromatic carbocycles. The van der Waals surface area contributed by atoms with E-state index < -0.39 is 0 Å². The lowest BCUT2D eigenvalue weighted by molar-refractivity contribution is -0.343. The van der Waals surface area contributed by atoms with E-state index in [4.69, 9.17) is 12.6 Å². The Kier molecular flexibility index (Phi) is 6.65. The average molecular weight is 901 g/mol. The fourth-order valence-corrected chi connectivity index (χ4v) is 37.0. The molecule has 0 spiro atoms. The Morgan fingerprint density at radius 1 is 0.167 bits per heavy atom. The first-order chi connectivity index (χ1) is 32.7. The van der Waals surface area contributed by atoms with Crippen molar-refractivity contribution in [3.8, 4) is 0 Å². The summed E-state index contributed by atoms with van der Waals surface area (Å²) in [6.07, 6.45) is 37.4. The van der Waals surface area contributed by atoms with Crippen LogP contribution in [0.3, 0.4) is 0 Å². The second kappa shape index (κ2) is 11.8. The van der Waals surface area contributed by atoms with Gasteiger partial charge in [0.25, 0.3) is 0 Å². The predicted octanol–water partition coefficient (Wildman–Crippen LogP) is 14.0. The molecular formula is C65H88S. The highest BCUT2D eigenvalue weighted by atomic mass is 32.1. The number of rotatable bonds is 0. The van der Waals surface area contributed by atoms with E-state index >= 15 is 0 Å². The van der Waals surface area contributed by atoms with Crippen molar-refractivity contribution in [3.63, 3.8) is 0 Å². The molecular weight excluding hydrogens is 813 g/mol. The van der Waals surface area contributed by atoms with Crippen LogP contribution in [0.1, 0.15) is 141 Å². The lowest BCUT2D eigenvalue weighted by atomic mass is 9.23. The van der Waals surface area contributed by atoms with Crippen molar-refractivity contribution in [2.45, 2.75) is 147 Å². The molecule has 0 N–H and O–H groups in total. The molecule has 22 rings (SSSR count). The largest absolute Gasteiger partial charge is 0.175 e. The topological polar surface area (TPSA) is 0 Å². The van der Waals surface area contributed by atoms with Crippen LogP contribution < -0.4 is 0 Å². The molecule has 0 amide bonds. The molecule has 0 aromatic rings. The van der Waals surface area contributed by atoms with Crippen LogP contribution in [0, 0.1) is 249 Å². The third-order valence-corrected chi connectivity index (χ3v) is 35.1. The Hall–Kier alpha value is 0.350. The van der Waals surface area contributed by atoms with Gasteiger partial charge in [-0.3, -0.25) is 0 Å². The van der Waals surface area contributed by atoms with Crippen LogP contribution in [0.15, 0.2) is 0 Å². The van der Waals surface area contributed by atoms with Crippen molar-refractivity contribution in [2.75, 3.05) is 0 Å². The van der Waals surface area contributed by atoms with Crippen molar-refractivity contribution in [2.24, 2.45) is 249 Å². The van der Waals surface area contributed by atoms with Gasteiger partial charge in [-0.05, 0) is 338 Å². The lowest BCUT2D eigenvalue weighted by Crippen LogP contribution is -2.78. The van der Waals surface area contributed by atoms with Crippen molar-refractivity contribution in [1.82, 2.24) is 0 Å². The maximum absolute atomic E-state index is 6.79. The molecule has 22 fully saturated rings. The Morgan fingerprint density at radius 2 is 0.379 bits per heavy atom. The van der Waals surface area contributed by atoms with Crippen LogP contribution in [0.5, 0.6) is 0 Å². The summed E-state index contributed by atoms with van der Waals surface area (Å²) in [4.78, 5) is 0.